The van der Waals surface area contributed by atoms with Crippen LogP contribution in [-0.2, 0) is 0 Å². The molecular weight excluding hydrogens is 200 g/mol. The van der Waals surface area contributed by atoms with Crippen molar-refractivity contribution in [1.82, 2.24) is 0 Å². The van der Waals surface area contributed by atoms with Crippen molar-refractivity contribution >= 4 is 37.9 Å². The van der Waals surface area contributed by atoms with E-state index in [1.165, 1.54) is 20.7 Å². The normalized spacial score (nSPS) is 10.1. The molecule has 1 nitrogen and oxygen atoms in total. The molecule has 64 valence electrons. The van der Waals surface area contributed by atoms with Crippen LogP contribution >= 0.6 is 22.7 Å². The Bertz CT molecular complexity index is 456. The molecule has 0 aliphatic carbocycles. The van der Waals surface area contributed by atoms with E-state index in [1.54, 1.807) is 11.3 Å². The topological polar surface area (TPSA) is 17.1 Å². The van der Waals surface area contributed by atoms with Gasteiger partial charge in [-0.25, -0.2) is 0 Å². The van der Waals surface area contributed by atoms with Crippen LogP contribution in [0.1, 0.15) is 16.1 Å². The van der Waals surface area contributed by atoms with Gasteiger partial charge in [-0.15, -0.1) is 29.1 Å². The number of rotatable bonds is 2. The summed E-state index contributed by atoms with van der Waals surface area (Å²) in [6.45, 7) is 0. The Hall–Kier alpha value is -1.11. The second kappa shape index (κ2) is 3.33. The molecule has 0 aliphatic heterocycles. The lowest BCUT2D eigenvalue weighted by molar-refractivity contribution is 0.100. The highest BCUT2D eigenvalue weighted by molar-refractivity contribution is 7.27. The first-order chi connectivity index (χ1) is 6.31. The van der Waals surface area contributed by atoms with Gasteiger partial charge < -0.3 is 0 Å². The van der Waals surface area contributed by atoms with Crippen molar-refractivity contribution in [3.63, 3.8) is 0 Å². The Kier molecular flexibility index (Phi) is 2.17. The van der Waals surface area contributed by atoms with Gasteiger partial charge in [0.25, 0.3) is 0 Å². The van der Waals surface area contributed by atoms with Gasteiger partial charge in [0.1, 0.15) is 0 Å². The highest BCUT2D eigenvalue weighted by Gasteiger charge is 2.09. The first-order valence-electron chi connectivity index (χ1n) is 3.75. The summed E-state index contributed by atoms with van der Waals surface area (Å²) in [5.74, 6) is 2.41. The van der Waals surface area contributed by atoms with E-state index in [-0.39, 0.29) is 12.2 Å². The Morgan fingerprint density at radius 3 is 3.08 bits per heavy atom. The van der Waals surface area contributed by atoms with Crippen LogP contribution in [-0.4, -0.2) is 5.78 Å². The van der Waals surface area contributed by atoms with Crippen molar-refractivity contribution in [1.29, 1.82) is 0 Å². The van der Waals surface area contributed by atoms with E-state index in [2.05, 4.69) is 5.92 Å². The third-order valence-electron chi connectivity index (χ3n) is 1.68. The zero-order valence-electron chi connectivity index (χ0n) is 6.74. The summed E-state index contributed by atoms with van der Waals surface area (Å²) in [4.78, 5) is 12.2. The molecule has 2 heterocycles. The molecule has 2 aromatic rings. The summed E-state index contributed by atoms with van der Waals surface area (Å²) < 4.78 is 2.34. The molecule has 0 aliphatic rings. The molecule has 0 radical (unpaired) electrons. The number of hydrogen-bond donors (Lipinski definition) is 0. The number of thiophene rings is 2. The SMILES string of the molecule is C#CCC(=O)c1cc2sccc2s1. The van der Waals surface area contributed by atoms with Gasteiger partial charge in [-0.2, -0.15) is 0 Å². The number of terminal acetylenes is 1. The Labute approximate surface area is 84.0 Å². The number of carbonyl (C=O) groups is 1. The molecule has 0 unspecified atom stereocenters. The molecule has 0 atom stereocenters. The summed E-state index contributed by atoms with van der Waals surface area (Å²) in [6, 6.07) is 3.95. The van der Waals surface area contributed by atoms with E-state index < -0.39 is 0 Å². The maximum absolute atomic E-state index is 11.4. The van der Waals surface area contributed by atoms with Gasteiger partial charge in [-0.1, -0.05) is 5.92 Å². The smallest absolute Gasteiger partial charge is 0.184 e. The maximum Gasteiger partial charge on any atom is 0.184 e. The molecule has 0 fully saturated rings. The standard InChI is InChI=1S/C10H6OS2/c1-2-3-7(11)9-6-10-8(13-9)4-5-12-10/h1,4-6H,3H2. The highest BCUT2D eigenvalue weighted by atomic mass is 32.1. The summed E-state index contributed by atoms with van der Waals surface area (Å²) >= 11 is 3.17. The lowest BCUT2D eigenvalue weighted by Crippen LogP contribution is -1.91. The molecule has 0 amide bonds. The van der Waals surface area contributed by atoms with Gasteiger partial charge in [0.15, 0.2) is 5.78 Å². The molecule has 0 aromatic carbocycles. The molecule has 0 bridgehead atoms. The average molecular weight is 206 g/mol. The fourth-order valence-electron chi connectivity index (χ4n) is 1.08. The van der Waals surface area contributed by atoms with Crippen molar-refractivity contribution in [2.45, 2.75) is 6.42 Å². The third kappa shape index (κ3) is 1.51. The molecule has 13 heavy (non-hydrogen) atoms. The molecule has 0 saturated heterocycles. The predicted octanol–water partition coefficient (Wildman–Crippen LogP) is 3.17. The van der Waals surface area contributed by atoms with E-state index in [9.17, 15) is 4.79 Å². The van der Waals surface area contributed by atoms with Gasteiger partial charge in [-0.05, 0) is 17.5 Å². The first kappa shape index (κ1) is 8.49. The van der Waals surface area contributed by atoms with Crippen LogP contribution in [0.4, 0.5) is 0 Å². The van der Waals surface area contributed by atoms with Crippen molar-refractivity contribution in [2.24, 2.45) is 0 Å². The molecule has 2 rings (SSSR count). The van der Waals surface area contributed by atoms with E-state index in [1.807, 2.05) is 17.5 Å². The number of carbonyl (C=O) groups excluding carboxylic acids is 1. The van der Waals surface area contributed by atoms with Crippen molar-refractivity contribution in [3.8, 4) is 12.3 Å². The van der Waals surface area contributed by atoms with Crippen LogP contribution in [0.15, 0.2) is 17.5 Å². The van der Waals surface area contributed by atoms with E-state index >= 15 is 0 Å². The summed E-state index contributed by atoms with van der Waals surface area (Å²) in [7, 11) is 0. The number of hydrogen-bond acceptors (Lipinski definition) is 3. The number of ketones is 1. The molecule has 0 spiro atoms. The fraction of sp³-hybridized carbons (Fsp3) is 0.100. The lowest BCUT2D eigenvalue weighted by atomic mass is 10.2. The second-order valence-electron chi connectivity index (χ2n) is 2.56. The first-order valence-corrected chi connectivity index (χ1v) is 5.44. The summed E-state index contributed by atoms with van der Waals surface area (Å²) in [6.07, 6.45) is 5.27. The summed E-state index contributed by atoms with van der Waals surface area (Å²) in [5, 5.41) is 2.02. The van der Waals surface area contributed by atoms with E-state index in [0.29, 0.717) is 0 Å². The van der Waals surface area contributed by atoms with Gasteiger partial charge in [0, 0.05) is 9.40 Å². The Morgan fingerprint density at radius 1 is 1.54 bits per heavy atom. The highest BCUT2D eigenvalue weighted by Crippen LogP contribution is 2.30. The molecular formula is C10H6OS2. The minimum absolute atomic E-state index is 0.0518. The van der Waals surface area contributed by atoms with Crippen LogP contribution < -0.4 is 0 Å². The van der Waals surface area contributed by atoms with Crippen LogP contribution in [0.2, 0.25) is 0 Å². The molecule has 0 saturated carbocycles. The fourth-order valence-corrected chi connectivity index (χ4v) is 3.13. The third-order valence-corrected chi connectivity index (χ3v) is 3.81. The van der Waals surface area contributed by atoms with Crippen molar-refractivity contribution in [2.75, 3.05) is 0 Å². The van der Waals surface area contributed by atoms with Crippen molar-refractivity contribution < 1.29 is 4.79 Å². The van der Waals surface area contributed by atoms with Crippen LogP contribution in [0.25, 0.3) is 9.40 Å². The van der Waals surface area contributed by atoms with Crippen LogP contribution in [0, 0.1) is 12.3 Å². The minimum Gasteiger partial charge on any atom is -0.292 e. The van der Waals surface area contributed by atoms with E-state index in [0.717, 1.165) is 4.88 Å². The minimum atomic E-state index is 0.0518. The Morgan fingerprint density at radius 2 is 2.38 bits per heavy atom. The van der Waals surface area contributed by atoms with Crippen LogP contribution in [0.5, 0.6) is 0 Å². The largest absolute Gasteiger partial charge is 0.292 e. The monoisotopic (exact) mass is 206 g/mol. The lowest BCUT2D eigenvalue weighted by Gasteiger charge is -1.87. The molecule has 2 aromatic heterocycles. The van der Waals surface area contributed by atoms with E-state index in [4.69, 9.17) is 6.42 Å². The second-order valence-corrected chi connectivity index (χ2v) is 4.60. The zero-order chi connectivity index (χ0) is 9.26. The van der Waals surface area contributed by atoms with Gasteiger partial charge >= 0.3 is 0 Å². The number of fused-ring (bicyclic) bond motifs is 1. The zero-order valence-corrected chi connectivity index (χ0v) is 8.37. The predicted molar refractivity (Wildman–Crippen MR) is 57.5 cm³/mol. The Balaban J connectivity index is 2.40. The van der Waals surface area contributed by atoms with Crippen LogP contribution in [0.3, 0.4) is 0 Å². The quantitative estimate of drug-likeness (QED) is 0.545. The molecule has 0 N–H and O–H groups in total. The van der Waals surface area contributed by atoms with Gasteiger partial charge in [0.2, 0.25) is 0 Å². The van der Waals surface area contributed by atoms with Crippen molar-refractivity contribution in [3.05, 3.63) is 22.4 Å². The molecule has 3 heteroatoms. The summed E-state index contributed by atoms with van der Waals surface area (Å²) in [5.41, 5.74) is 0. The van der Waals surface area contributed by atoms with Gasteiger partial charge in [-0.3, -0.25) is 4.79 Å². The maximum atomic E-state index is 11.4. The van der Waals surface area contributed by atoms with Gasteiger partial charge in [0.05, 0.1) is 11.3 Å². The number of Topliss-reactive ketones (excluding diaryl/α,β-unsaturated/α-hetero) is 1. The average Bonchev–Trinajstić information content (AvgIpc) is 2.61.